The van der Waals surface area contributed by atoms with E-state index in [1.165, 1.54) is 12.3 Å². The summed E-state index contributed by atoms with van der Waals surface area (Å²) in [6.07, 6.45) is 1.28. The highest BCUT2D eigenvalue weighted by Gasteiger charge is 1.94. The Balaban J connectivity index is 2.84. The van der Waals surface area contributed by atoms with Gasteiger partial charge in [0.25, 0.3) is 0 Å². The third-order valence-corrected chi connectivity index (χ3v) is 1.11. The molecular formula is C5H6O2S. The lowest BCUT2D eigenvalue weighted by molar-refractivity contribution is 0.454. The van der Waals surface area contributed by atoms with Gasteiger partial charge in [0.2, 0.25) is 0 Å². The lowest BCUT2D eigenvalue weighted by Crippen LogP contribution is -1.63. The molecule has 0 unspecified atom stereocenters. The maximum Gasteiger partial charge on any atom is 0.154 e. The monoisotopic (exact) mass is 130 g/mol. The molecule has 2 nitrogen and oxygen atoms in total. The quantitative estimate of drug-likeness (QED) is 0.563. The molecule has 0 saturated carbocycles. The van der Waals surface area contributed by atoms with E-state index in [0.29, 0.717) is 11.5 Å². The molecule has 0 amide bonds. The zero-order chi connectivity index (χ0) is 5.98. The largest absolute Gasteiger partial charge is 0.505 e. The molecule has 1 heterocycles. The smallest absolute Gasteiger partial charge is 0.154 e. The molecule has 0 atom stereocenters. The molecule has 3 heteroatoms. The minimum Gasteiger partial charge on any atom is -0.505 e. The van der Waals surface area contributed by atoms with Gasteiger partial charge in [-0.3, -0.25) is 0 Å². The van der Waals surface area contributed by atoms with Crippen LogP contribution in [0, 0.1) is 0 Å². The van der Waals surface area contributed by atoms with Gasteiger partial charge in [-0.1, -0.05) is 0 Å². The Hall–Kier alpha value is -0.570. The lowest BCUT2D eigenvalue weighted by Gasteiger charge is -1.78. The number of hydrogen-bond donors (Lipinski definition) is 2. The van der Waals surface area contributed by atoms with Crippen LogP contribution in [0.4, 0.5) is 0 Å². The summed E-state index contributed by atoms with van der Waals surface area (Å²) in [6.45, 7) is 0. The highest BCUT2D eigenvalue weighted by molar-refractivity contribution is 7.79. The average molecular weight is 130 g/mol. The van der Waals surface area contributed by atoms with Crippen LogP contribution in [0.15, 0.2) is 16.7 Å². The summed E-state index contributed by atoms with van der Waals surface area (Å²) in [6, 6.07) is 1.53. The van der Waals surface area contributed by atoms with Gasteiger partial charge < -0.3 is 9.52 Å². The summed E-state index contributed by atoms with van der Waals surface area (Å²) in [4.78, 5) is 0. The topological polar surface area (TPSA) is 33.4 Å². The average Bonchev–Trinajstić information content (AvgIpc) is 2.14. The second kappa shape index (κ2) is 2.13. The molecule has 0 fully saturated rings. The second-order valence-corrected chi connectivity index (χ2v) is 1.75. The molecular weight excluding hydrogens is 124 g/mol. The molecule has 1 aromatic heterocycles. The van der Waals surface area contributed by atoms with Crippen molar-refractivity contribution in [3.05, 3.63) is 18.1 Å². The van der Waals surface area contributed by atoms with Crippen LogP contribution < -0.4 is 0 Å². The highest BCUT2D eigenvalue weighted by Crippen LogP contribution is 2.14. The molecule has 1 aromatic rings. The van der Waals surface area contributed by atoms with E-state index in [1.807, 2.05) is 0 Å². The van der Waals surface area contributed by atoms with E-state index >= 15 is 0 Å². The molecule has 0 spiro atoms. The van der Waals surface area contributed by atoms with Crippen LogP contribution in [0.2, 0.25) is 0 Å². The molecule has 0 aliphatic carbocycles. The lowest BCUT2D eigenvalue weighted by atomic mass is 10.5. The van der Waals surface area contributed by atoms with E-state index in [1.54, 1.807) is 0 Å². The SMILES string of the molecule is Oc1coc(CS)c1. The summed E-state index contributed by atoms with van der Waals surface area (Å²) >= 11 is 3.92. The number of thiol groups is 1. The van der Waals surface area contributed by atoms with E-state index in [0.717, 1.165) is 0 Å². The van der Waals surface area contributed by atoms with Gasteiger partial charge in [0.1, 0.15) is 12.0 Å². The first-order valence-electron chi connectivity index (χ1n) is 2.20. The molecule has 0 saturated heterocycles. The van der Waals surface area contributed by atoms with Gasteiger partial charge >= 0.3 is 0 Å². The second-order valence-electron chi connectivity index (χ2n) is 1.43. The maximum atomic E-state index is 8.66. The van der Waals surface area contributed by atoms with Crippen LogP contribution in [0.25, 0.3) is 0 Å². The minimum atomic E-state index is 0.161. The van der Waals surface area contributed by atoms with Crippen molar-refractivity contribution >= 4 is 12.6 Å². The Morgan fingerprint density at radius 3 is 2.75 bits per heavy atom. The van der Waals surface area contributed by atoms with Crippen molar-refractivity contribution in [2.24, 2.45) is 0 Å². The molecule has 1 N–H and O–H groups in total. The predicted octanol–water partition coefficient (Wildman–Crippen LogP) is 1.41. The van der Waals surface area contributed by atoms with Crippen molar-refractivity contribution in [3.63, 3.8) is 0 Å². The first-order valence-corrected chi connectivity index (χ1v) is 2.83. The standard InChI is InChI=1S/C5H6O2S/c6-4-1-5(3-8)7-2-4/h1-2,6,8H,3H2. The Labute approximate surface area is 52.5 Å². The highest BCUT2D eigenvalue weighted by atomic mass is 32.1. The van der Waals surface area contributed by atoms with Crippen molar-refractivity contribution in [1.29, 1.82) is 0 Å². The van der Waals surface area contributed by atoms with Gasteiger partial charge in [-0.25, -0.2) is 0 Å². The zero-order valence-corrected chi connectivity index (χ0v) is 5.06. The Morgan fingerprint density at radius 2 is 2.50 bits per heavy atom. The number of hydrogen-bond acceptors (Lipinski definition) is 3. The third-order valence-electron chi connectivity index (χ3n) is 0.796. The third kappa shape index (κ3) is 0.980. The van der Waals surface area contributed by atoms with Crippen molar-refractivity contribution in [3.8, 4) is 5.75 Å². The fraction of sp³-hybridized carbons (Fsp3) is 0.200. The molecule has 0 aromatic carbocycles. The van der Waals surface area contributed by atoms with Gasteiger partial charge in [-0.2, -0.15) is 12.6 Å². The van der Waals surface area contributed by atoms with Gasteiger partial charge in [0, 0.05) is 11.8 Å². The van der Waals surface area contributed by atoms with Gasteiger partial charge in [0.15, 0.2) is 5.75 Å². The molecule has 8 heavy (non-hydrogen) atoms. The van der Waals surface area contributed by atoms with Crippen LogP contribution in [0.3, 0.4) is 0 Å². The molecule has 0 aliphatic rings. The van der Waals surface area contributed by atoms with Gasteiger partial charge in [-0.05, 0) is 0 Å². The van der Waals surface area contributed by atoms with Crippen LogP contribution in [-0.4, -0.2) is 5.11 Å². The fourth-order valence-electron chi connectivity index (χ4n) is 0.452. The van der Waals surface area contributed by atoms with E-state index < -0.39 is 0 Å². The Bertz CT molecular complexity index is 171. The molecule has 0 bridgehead atoms. The van der Waals surface area contributed by atoms with Crippen LogP contribution in [-0.2, 0) is 5.75 Å². The zero-order valence-electron chi connectivity index (χ0n) is 4.16. The number of rotatable bonds is 1. The predicted molar refractivity (Wildman–Crippen MR) is 33.1 cm³/mol. The van der Waals surface area contributed by atoms with E-state index in [4.69, 9.17) is 9.52 Å². The maximum absolute atomic E-state index is 8.66. The van der Waals surface area contributed by atoms with Crippen LogP contribution in [0.1, 0.15) is 5.76 Å². The summed E-state index contributed by atoms with van der Waals surface area (Å²) in [5.74, 6) is 1.38. The summed E-state index contributed by atoms with van der Waals surface area (Å²) in [7, 11) is 0. The number of aromatic hydroxyl groups is 1. The Morgan fingerprint density at radius 1 is 1.75 bits per heavy atom. The van der Waals surface area contributed by atoms with Crippen molar-refractivity contribution in [1.82, 2.24) is 0 Å². The minimum absolute atomic E-state index is 0.161. The summed E-state index contributed by atoms with van der Waals surface area (Å²) < 4.78 is 4.79. The number of furan rings is 1. The van der Waals surface area contributed by atoms with Crippen LogP contribution >= 0.6 is 12.6 Å². The molecule has 0 radical (unpaired) electrons. The summed E-state index contributed by atoms with van der Waals surface area (Å²) in [5.41, 5.74) is 0. The van der Waals surface area contributed by atoms with Gasteiger partial charge in [-0.15, -0.1) is 0 Å². The first kappa shape index (κ1) is 5.56. The van der Waals surface area contributed by atoms with Crippen molar-refractivity contribution in [2.75, 3.05) is 0 Å². The van der Waals surface area contributed by atoms with E-state index in [-0.39, 0.29) is 5.75 Å². The Kier molecular flexibility index (Phi) is 1.48. The molecule has 1 rings (SSSR count). The van der Waals surface area contributed by atoms with Crippen LogP contribution in [0.5, 0.6) is 5.75 Å². The van der Waals surface area contributed by atoms with E-state index in [9.17, 15) is 0 Å². The first-order chi connectivity index (χ1) is 3.83. The van der Waals surface area contributed by atoms with Crippen molar-refractivity contribution < 1.29 is 9.52 Å². The normalized spacial score (nSPS) is 9.62. The summed E-state index contributed by atoms with van der Waals surface area (Å²) in [5, 5.41) is 8.66. The fourth-order valence-corrected chi connectivity index (χ4v) is 0.618. The molecule has 44 valence electrons. The van der Waals surface area contributed by atoms with E-state index in [2.05, 4.69) is 12.6 Å². The van der Waals surface area contributed by atoms with Gasteiger partial charge in [0.05, 0.1) is 0 Å². The molecule has 0 aliphatic heterocycles. The van der Waals surface area contributed by atoms with Crippen molar-refractivity contribution in [2.45, 2.75) is 5.75 Å².